The van der Waals surface area contributed by atoms with Crippen molar-refractivity contribution in [2.75, 3.05) is 0 Å². The Morgan fingerprint density at radius 3 is 2.53 bits per heavy atom. The number of nitrogens with zero attached hydrogens (tertiary/aromatic N) is 1. The average Bonchev–Trinajstić information content (AvgIpc) is 2.41. The smallest absolute Gasteiger partial charge is 0.142 e. The minimum atomic E-state index is -0.243. The Hall–Kier alpha value is -1.18. The van der Waals surface area contributed by atoms with Crippen molar-refractivity contribution in [3.63, 3.8) is 0 Å². The van der Waals surface area contributed by atoms with Crippen LogP contribution in [0.3, 0.4) is 0 Å². The molecule has 0 aromatic carbocycles. The number of unbranched alkanes of at least 4 members (excludes halogenated alkanes) is 5. The van der Waals surface area contributed by atoms with Gasteiger partial charge in [0.2, 0.25) is 0 Å². The summed E-state index contributed by atoms with van der Waals surface area (Å²) >= 11 is 0. The maximum Gasteiger partial charge on any atom is 0.142 e. The van der Waals surface area contributed by atoms with Gasteiger partial charge in [0, 0.05) is 6.20 Å². The number of hydrogen-bond acceptors (Lipinski definition) is 1. The first-order valence-corrected chi connectivity index (χ1v) is 7.57. The molecule has 0 spiro atoms. The second-order valence-corrected chi connectivity index (χ2v) is 5.07. The van der Waals surface area contributed by atoms with E-state index < -0.39 is 0 Å². The van der Waals surface area contributed by atoms with Crippen LogP contribution in [-0.4, -0.2) is 4.98 Å². The highest BCUT2D eigenvalue weighted by Crippen LogP contribution is 2.22. The van der Waals surface area contributed by atoms with E-state index in [1.54, 1.807) is 12.3 Å². The first kappa shape index (κ1) is 15.9. The van der Waals surface area contributed by atoms with E-state index in [2.05, 4.69) is 24.9 Å². The number of pyridine rings is 1. The summed E-state index contributed by atoms with van der Waals surface area (Å²) < 4.78 is 13.3. The van der Waals surface area contributed by atoms with Crippen LogP contribution in [0.4, 0.5) is 4.39 Å². The van der Waals surface area contributed by atoms with Crippen LogP contribution < -0.4 is 0 Å². The van der Waals surface area contributed by atoms with Gasteiger partial charge < -0.3 is 0 Å². The lowest BCUT2D eigenvalue weighted by Crippen LogP contribution is -1.90. The van der Waals surface area contributed by atoms with Gasteiger partial charge >= 0.3 is 0 Å². The minimum Gasteiger partial charge on any atom is -0.261 e. The molecular formula is C17H26FN. The van der Waals surface area contributed by atoms with E-state index in [9.17, 15) is 4.39 Å². The molecule has 2 heteroatoms. The van der Waals surface area contributed by atoms with E-state index in [4.69, 9.17) is 0 Å². The molecule has 0 saturated carbocycles. The van der Waals surface area contributed by atoms with Crippen molar-refractivity contribution in [2.45, 2.75) is 65.2 Å². The second-order valence-electron chi connectivity index (χ2n) is 5.07. The van der Waals surface area contributed by atoms with Crippen molar-refractivity contribution in [3.8, 4) is 0 Å². The molecule has 0 radical (unpaired) electrons. The molecule has 0 aliphatic heterocycles. The molecule has 1 nitrogen and oxygen atoms in total. The van der Waals surface area contributed by atoms with Crippen LogP contribution in [0.2, 0.25) is 0 Å². The molecule has 1 aromatic rings. The standard InChI is InChI=1S/C17H26FN/c1-3-5-7-9-11-15(10-8-6-4-2)16-12-17(18)14-19-13-16/h11-14H,3-10H2,1-2H3/b15-11+. The quantitative estimate of drug-likeness (QED) is 0.516. The molecule has 0 unspecified atom stereocenters. The van der Waals surface area contributed by atoms with Crippen molar-refractivity contribution in [2.24, 2.45) is 0 Å². The summed E-state index contributed by atoms with van der Waals surface area (Å²) in [4.78, 5) is 3.96. The fourth-order valence-electron chi connectivity index (χ4n) is 2.19. The Balaban J connectivity index is 2.67. The van der Waals surface area contributed by atoms with Crippen LogP contribution in [-0.2, 0) is 0 Å². The van der Waals surface area contributed by atoms with Gasteiger partial charge in [-0.1, -0.05) is 45.6 Å². The number of hydrogen-bond donors (Lipinski definition) is 0. The summed E-state index contributed by atoms with van der Waals surface area (Å²) in [6, 6.07) is 1.60. The molecule has 0 saturated heterocycles. The van der Waals surface area contributed by atoms with Crippen molar-refractivity contribution < 1.29 is 4.39 Å². The zero-order chi connectivity index (χ0) is 13.9. The van der Waals surface area contributed by atoms with E-state index in [0.717, 1.165) is 18.4 Å². The third-order valence-electron chi connectivity index (χ3n) is 3.32. The highest BCUT2D eigenvalue weighted by molar-refractivity contribution is 5.64. The molecule has 0 aliphatic carbocycles. The van der Waals surface area contributed by atoms with E-state index >= 15 is 0 Å². The fourth-order valence-corrected chi connectivity index (χ4v) is 2.19. The molecule has 0 N–H and O–H groups in total. The van der Waals surface area contributed by atoms with Crippen LogP contribution in [0.5, 0.6) is 0 Å². The predicted molar refractivity (Wildman–Crippen MR) is 80.5 cm³/mol. The molecule has 0 bridgehead atoms. The molecule has 1 heterocycles. The lowest BCUT2D eigenvalue weighted by atomic mass is 9.99. The minimum absolute atomic E-state index is 0.243. The fraction of sp³-hybridized carbons (Fsp3) is 0.588. The number of halogens is 1. The molecule has 0 atom stereocenters. The van der Waals surface area contributed by atoms with Gasteiger partial charge in [0.25, 0.3) is 0 Å². The maximum atomic E-state index is 13.3. The van der Waals surface area contributed by atoms with Gasteiger partial charge in [-0.25, -0.2) is 4.39 Å². The predicted octanol–water partition coefficient (Wildman–Crippen LogP) is 5.76. The third kappa shape index (κ3) is 6.51. The van der Waals surface area contributed by atoms with Crippen molar-refractivity contribution in [1.29, 1.82) is 0 Å². The van der Waals surface area contributed by atoms with Crippen LogP contribution in [0, 0.1) is 5.82 Å². The summed E-state index contributed by atoms with van der Waals surface area (Å²) in [6.07, 6.45) is 14.8. The molecule has 19 heavy (non-hydrogen) atoms. The lowest BCUT2D eigenvalue weighted by molar-refractivity contribution is 0.620. The Kier molecular flexibility index (Phi) is 8.11. The Morgan fingerprint density at radius 2 is 1.84 bits per heavy atom. The van der Waals surface area contributed by atoms with Crippen molar-refractivity contribution in [3.05, 3.63) is 35.9 Å². The number of allylic oxidation sites excluding steroid dienone is 2. The van der Waals surface area contributed by atoms with E-state index in [-0.39, 0.29) is 5.82 Å². The summed E-state index contributed by atoms with van der Waals surface area (Å²) in [6.45, 7) is 4.41. The van der Waals surface area contributed by atoms with Crippen LogP contribution in [0.15, 0.2) is 24.5 Å². The van der Waals surface area contributed by atoms with Gasteiger partial charge in [0.15, 0.2) is 0 Å². The molecule has 0 amide bonds. The van der Waals surface area contributed by atoms with Gasteiger partial charge in [-0.3, -0.25) is 4.98 Å². The highest BCUT2D eigenvalue weighted by Gasteiger charge is 2.03. The van der Waals surface area contributed by atoms with Gasteiger partial charge in [-0.2, -0.15) is 0 Å². The largest absolute Gasteiger partial charge is 0.261 e. The van der Waals surface area contributed by atoms with Crippen LogP contribution in [0.1, 0.15) is 70.8 Å². The Labute approximate surface area is 117 Å². The Bertz CT molecular complexity index is 385. The van der Waals surface area contributed by atoms with Gasteiger partial charge in [0.05, 0.1) is 6.20 Å². The monoisotopic (exact) mass is 263 g/mol. The summed E-state index contributed by atoms with van der Waals surface area (Å²) in [7, 11) is 0. The molecule has 1 aromatic heterocycles. The second kappa shape index (κ2) is 9.71. The zero-order valence-electron chi connectivity index (χ0n) is 12.3. The molecule has 0 fully saturated rings. The van der Waals surface area contributed by atoms with Gasteiger partial charge in [-0.05, 0) is 42.9 Å². The Morgan fingerprint density at radius 1 is 1.11 bits per heavy atom. The summed E-state index contributed by atoms with van der Waals surface area (Å²) in [5, 5.41) is 0. The SMILES string of the molecule is CCCCC/C=C(\CCCCC)c1cncc(F)c1. The lowest BCUT2D eigenvalue weighted by Gasteiger charge is -2.08. The highest BCUT2D eigenvalue weighted by atomic mass is 19.1. The van der Waals surface area contributed by atoms with E-state index in [1.807, 2.05) is 0 Å². The molecule has 0 aliphatic rings. The van der Waals surface area contributed by atoms with Crippen LogP contribution >= 0.6 is 0 Å². The third-order valence-corrected chi connectivity index (χ3v) is 3.32. The summed E-state index contributed by atoms with van der Waals surface area (Å²) in [5.41, 5.74) is 2.21. The van der Waals surface area contributed by atoms with Gasteiger partial charge in [0.1, 0.15) is 5.82 Å². The topological polar surface area (TPSA) is 12.9 Å². The number of rotatable bonds is 9. The number of aromatic nitrogens is 1. The average molecular weight is 263 g/mol. The molecule has 106 valence electrons. The van der Waals surface area contributed by atoms with Crippen LogP contribution in [0.25, 0.3) is 5.57 Å². The first-order chi connectivity index (χ1) is 9.27. The van der Waals surface area contributed by atoms with E-state index in [1.165, 1.54) is 50.3 Å². The van der Waals surface area contributed by atoms with Crippen molar-refractivity contribution in [1.82, 2.24) is 4.98 Å². The van der Waals surface area contributed by atoms with E-state index in [0.29, 0.717) is 0 Å². The molecule has 1 rings (SSSR count). The van der Waals surface area contributed by atoms with Gasteiger partial charge in [-0.15, -0.1) is 0 Å². The first-order valence-electron chi connectivity index (χ1n) is 7.57. The van der Waals surface area contributed by atoms with Crippen molar-refractivity contribution >= 4 is 5.57 Å². The zero-order valence-corrected chi connectivity index (χ0v) is 12.3. The normalized spacial score (nSPS) is 11.8. The maximum absolute atomic E-state index is 13.3. The molecular weight excluding hydrogens is 237 g/mol. The summed E-state index contributed by atoms with van der Waals surface area (Å²) in [5.74, 6) is -0.243.